The summed E-state index contributed by atoms with van der Waals surface area (Å²) in [6, 6.07) is 14.2. The maximum atomic E-state index is 12.2. The van der Waals surface area contributed by atoms with Gasteiger partial charge in [-0.3, -0.25) is 9.59 Å². The summed E-state index contributed by atoms with van der Waals surface area (Å²) in [7, 11) is 0. The highest BCUT2D eigenvalue weighted by Crippen LogP contribution is 2.14. The lowest BCUT2D eigenvalue weighted by Gasteiger charge is -2.15. The molecule has 1 aliphatic heterocycles. The summed E-state index contributed by atoms with van der Waals surface area (Å²) < 4.78 is 5.47. The number of nitrogens with one attached hydrogen (secondary N) is 1. The van der Waals surface area contributed by atoms with Crippen LogP contribution in [0.4, 0.5) is 0 Å². The lowest BCUT2D eigenvalue weighted by molar-refractivity contribution is -0.132. The Hall–Kier alpha value is -2.94. The van der Waals surface area contributed by atoms with Crippen molar-refractivity contribution in [2.24, 2.45) is 5.73 Å². The van der Waals surface area contributed by atoms with Gasteiger partial charge < -0.3 is 30.9 Å². The van der Waals surface area contributed by atoms with E-state index in [-0.39, 0.29) is 31.5 Å². The van der Waals surface area contributed by atoms with E-state index >= 15 is 0 Å². The van der Waals surface area contributed by atoms with Gasteiger partial charge in [-0.1, -0.05) is 24.3 Å². The molecule has 0 unspecified atom stereocenters. The third-order valence-electron chi connectivity index (χ3n) is 4.80. The van der Waals surface area contributed by atoms with Crippen LogP contribution in [0.3, 0.4) is 0 Å². The van der Waals surface area contributed by atoms with Crippen molar-refractivity contribution >= 4 is 11.8 Å². The van der Waals surface area contributed by atoms with Crippen LogP contribution in [-0.2, 0) is 17.9 Å². The molecule has 1 fully saturated rings. The van der Waals surface area contributed by atoms with Gasteiger partial charge in [-0.15, -0.1) is 0 Å². The number of carbonyl (C=O) groups is 2. The van der Waals surface area contributed by atoms with Crippen molar-refractivity contribution in [2.45, 2.75) is 25.3 Å². The summed E-state index contributed by atoms with van der Waals surface area (Å²) in [5.74, 6) is 0.0539. The number of aliphatic hydroxyl groups excluding tert-OH is 2. The summed E-state index contributed by atoms with van der Waals surface area (Å²) >= 11 is 0. The van der Waals surface area contributed by atoms with Gasteiger partial charge in [-0.05, 0) is 35.4 Å². The number of aliphatic hydroxyl groups is 2. The Morgan fingerprint density at radius 3 is 2.17 bits per heavy atom. The molecule has 1 heterocycles. The number of nitrogens with two attached hydrogens (primary N) is 1. The van der Waals surface area contributed by atoms with Crippen molar-refractivity contribution < 1.29 is 24.5 Å². The lowest BCUT2D eigenvalue weighted by Crippen LogP contribution is -2.33. The van der Waals surface area contributed by atoms with E-state index in [1.165, 1.54) is 4.90 Å². The summed E-state index contributed by atoms with van der Waals surface area (Å²) in [6.07, 6.45) is -1.82. The second kappa shape index (κ2) is 9.51. The Bertz CT molecular complexity index is 828. The number of carbonyl (C=O) groups excluding carboxylic acids is 2. The molecule has 0 aromatic heterocycles. The summed E-state index contributed by atoms with van der Waals surface area (Å²) in [4.78, 5) is 25.6. The largest absolute Gasteiger partial charge is 0.484 e. The molecule has 8 nitrogen and oxygen atoms in total. The zero-order valence-corrected chi connectivity index (χ0v) is 16.0. The summed E-state index contributed by atoms with van der Waals surface area (Å²) in [5.41, 5.74) is 7.97. The molecular formula is C21H25N3O5. The second-order valence-corrected chi connectivity index (χ2v) is 6.95. The molecule has 2 amide bonds. The molecule has 29 heavy (non-hydrogen) atoms. The quantitative estimate of drug-likeness (QED) is 0.520. The number of rotatable bonds is 7. The first-order chi connectivity index (χ1) is 14.0. The molecule has 2 aromatic carbocycles. The number of hydrogen-bond acceptors (Lipinski definition) is 6. The fourth-order valence-electron chi connectivity index (χ4n) is 2.99. The SMILES string of the molecule is NCc1ccc(C(=O)NCc2ccc(OCC(=O)N3C[C@@H](O)[C@H](O)C3)cc2)cc1. The van der Waals surface area contributed by atoms with Crippen LogP contribution in [0.2, 0.25) is 0 Å². The van der Waals surface area contributed by atoms with Gasteiger partial charge in [-0.25, -0.2) is 0 Å². The number of amides is 2. The van der Waals surface area contributed by atoms with Crippen molar-refractivity contribution in [1.29, 1.82) is 0 Å². The average molecular weight is 399 g/mol. The van der Waals surface area contributed by atoms with E-state index < -0.39 is 12.2 Å². The zero-order valence-electron chi connectivity index (χ0n) is 16.0. The van der Waals surface area contributed by atoms with Crippen molar-refractivity contribution in [3.8, 4) is 5.75 Å². The molecule has 0 bridgehead atoms. The maximum Gasteiger partial charge on any atom is 0.260 e. The first kappa shape index (κ1) is 20.8. The Kier molecular flexibility index (Phi) is 6.82. The van der Waals surface area contributed by atoms with Crippen molar-refractivity contribution in [3.63, 3.8) is 0 Å². The van der Waals surface area contributed by atoms with E-state index in [4.69, 9.17) is 10.5 Å². The molecule has 2 aromatic rings. The fourth-order valence-corrected chi connectivity index (χ4v) is 2.99. The Morgan fingerprint density at radius 2 is 1.59 bits per heavy atom. The first-order valence-corrected chi connectivity index (χ1v) is 9.39. The van der Waals surface area contributed by atoms with Gasteiger partial charge >= 0.3 is 0 Å². The minimum absolute atomic E-state index is 0.108. The van der Waals surface area contributed by atoms with Crippen LogP contribution in [-0.4, -0.2) is 58.8 Å². The Morgan fingerprint density at radius 1 is 1.00 bits per heavy atom. The Labute approximate surface area is 168 Å². The number of ether oxygens (including phenoxy) is 1. The van der Waals surface area contributed by atoms with Crippen molar-refractivity contribution in [3.05, 3.63) is 65.2 Å². The number of benzene rings is 2. The standard InChI is InChI=1S/C21H25N3O5/c22-9-14-1-5-16(6-2-14)21(28)23-10-15-3-7-17(8-4-15)29-13-20(27)24-11-18(25)19(26)12-24/h1-8,18-19,25-26H,9-13,22H2,(H,23,28)/t18-,19-/m1/s1. The van der Waals surface area contributed by atoms with Gasteiger partial charge in [-0.2, -0.15) is 0 Å². The molecule has 5 N–H and O–H groups in total. The Balaban J connectivity index is 1.45. The van der Waals surface area contributed by atoms with Gasteiger partial charge in [0.25, 0.3) is 11.8 Å². The predicted octanol–water partition coefficient (Wildman–Crippen LogP) is 0.0181. The third-order valence-corrected chi connectivity index (χ3v) is 4.80. The van der Waals surface area contributed by atoms with Crippen LogP contribution >= 0.6 is 0 Å². The molecule has 8 heteroatoms. The van der Waals surface area contributed by atoms with Gasteiger partial charge in [0, 0.05) is 31.7 Å². The molecule has 3 rings (SSSR count). The van der Waals surface area contributed by atoms with Crippen LogP contribution in [0, 0.1) is 0 Å². The van der Waals surface area contributed by atoms with Gasteiger partial charge in [0.1, 0.15) is 5.75 Å². The van der Waals surface area contributed by atoms with E-state index in [1.807, 2.05) is 12.1 Å². The van der Waals surface area contributed by atoms with E-state index in [1.54, 1.807) is 36.4 Å². The molecule has 2 atom stereocenters. The highest BCUT2D eigenvalue weighted by atomic mass is 16.5. The van der Waals surface area contributed by atoms with E-state index in [9.17, 15) is 19.8 Å². The van der Waals surface area contributed by atoms with Crippen molar-refractivity contribution in [2.75, 3.05) is 19.7 Å². The fraction of sp³-hybridized carbons (Fsp3) is 0.333. The van der Waals surface area contributed by atoms with E-state index in [0.29, 0.717) is 24.4 Å². The smallest absolute Gasteiger partial charge is 0.260 e. The van der Waals surface area contributed by atoms with Crippen molar-refractivity contribution in [1.82, 2.24) is 10.2 Å². The van der Waals surface area contributed by atoms with Gasteiger partial charge in [0.2, 0.25) is 0 Å². The van der Waals surface area contributed by atoms with Crippen LogP contribution in [0.25, 0.3) is 0 Å². The summed E-state index contributed by atoms with van der Waals surface area (Å²) in [6.45, 7) is 0.840. The van der Waals surface area contributed by atoms with Crippen LogP contribution in [0.1, 0.15) is 21.5 Å². The topological polar surface area (TPSA) is 125 Å². The van der Waals surface area contributed by atoms with Crippen LogP contribution < -0.4 is 15.8 Å². The van der Waals surface area contributed by atoms with Gasteiger partial charge in [0.05, 0.1) is 12.2 Å². The first-order valence-electron chi connectivity index (χ1n) is 9.39. The number of β-amino-alcohol motifs (C(OH)–C–C–N with tert-alkyl or cyclic N) is 2. The van der Waals surface area contributed by atoms with Crippen LogP contribution in [0.5, 0.6) is 5.75 Å². The highest BCUT2D eigenvalue weighted by molar-refractivity contribution is 5.94. The molecule has 1 saturated heterocycles. The molecule has 1 aliphatic rings. The maximum absolute atomic E-state index is 12.2. The van der Waals surface area contributed by atoms with Gasteiger partial charge in [0.15, 0.2) is 6.61 Å². The molecule has 154 valence electrons. The molecule has 0 radical (unpaired) electrons. The molecule has 0 spiro atoms. The van der Waals surface area contributed by atoms with E-state index in [0.717, 1.165) is 11.1 Å². The monoisotopic (exact) mass is 399 g/mol. The second-order valence-electron chi connectivity index (χ2n) is 6.95. The molecule has 0 saturated carbocycles. The molecule has 0 aliphatic carbocycles. The normalized spacial score (nSPS) is 18.5. The van der Waals surface area contributed by atoms with E-state index in [2.05, 4.69) is 5.32 Å². The average Bonchev–Trinajstić information content (AvgIpc) is 3.09. The van der Waals surface area contributed by atoms with Crippen LogP contribution in [0.15, 0.2) is 48.5 Å². The zero-order chi connectivity index (χ0) is 20.8. The third kappa shape index (κ3) is 5.54. The number of hydrogen-bond donors (Lipinski definition) is 4. The predicted molar refractivity (Wildman–Crippen MR) is 106 cm³/mol. The highest BCUT2D eigenvalue weighted by Gasteiger charge is 2.32. The summed E-state index contributed by atoms with van der Waals surface area (Å²) in [5, 5.41) is 21.8. The minimum Gasteiger partial charge on any atom is -0.484 e. The lowest BCUT2D eigenvalue weighted by atomic mass is 10.1. The number of nitrogens with zero attached hydrogens (tertiary/aromatic N) is 1. The minimum atomic E-state index is -0.910. The number of likely N-dealkylation sites (tertiary alicyclic amines) is 1. The molecular weight excluding hydrogens is 374 g/mol.